The second-order valence-corrected chi connectivity index (χ2v) is 28.3. The van der Waals surface area contributed by atoms with Crippen LogP contribution in [0, 0.1) is 34.0 Å². The highest BCUT2D eigenvalue weighted by Gasteiger charge is 2.49. The van der Waals surface area contributed by atoms with Crippen molar-refractivity contribution in [1.29, 1.82) is 15.8 Å². The van der Waals surface area contributed by atoms with E-state index in [0.29, 0.717) is 16.7 Å². The minimum absolute atomic E-state index is 0.260. The Morgan fingerprint density at radius 3 is 1.04 bits per heavy atom. The van der Waals surface area contributed by atoms with Crippen LogP contribution in [0.4, 0.5) is 62.6 Å². The zero-order valence-electron chi connectivity index (χ0n) is 55.4. The Balaban J connectivity index is 1.05. The number of anilines is 11. The lowest BCUT2D eigenvalue weighted by Gasteiger charge is -2.47. The van der Waals surface area contributed by atoms with Crippen LogP contribution < -0.4 is 52.8 Å². The molecule has 0 aromatic heterocycles. The van der Waals surface area contributed by atoms with Crippen molar-refractivity contribution in [3.8, 4) is 73.8 Å². The topological polar surface area (TPSA) is 93.1 Å². The minimum Gasteiger partial charge on any atom is -0.356 e. The van der Waals surface area contributed by atoms with Crippen LogP contribution >= 0.6 is 0 Å². The zero-order chi connectivity index (χ0) is 66.7. The van der Waals surface area contributed by atoms with Gasteiger partial charge in [0, 0.05) is 62.2 Å². The molecular formula is C89H65B2N7. The average molecular weight is 1250 g/mol. The van der Waals surface area contributed by atoms with Crippen molar-refractivity contribution in [3.05, 3.63) is 307 Å². The fraction of sp³-hybridized carbons (Fsp3) is 0.0899. The Bertz CT molecular complexity index is 5560. The molecule has 0 saturated heterocycles. The van der Waals surface area contributed by atoms with E-state index in [4.69, 9.17) is 0 Å². The summed E-state index contributed by atoms with van der Waals surface area (Å²) < 4.78 is 0. The highest BCUT2D eigenvalue weighted by molar-refractivity contribution is 7.03. The van der Waals surface area contributed by atoms with Gasteiger partial charge in [-0.15, -0.1) is 0 Å². The molecule has 13 aromatic carbocycles. The van der Waals surface area contributed by atoms with Crippen molar-refractivity contribution in [1.82, 2.24) is 0 Å². The van der Waals surface area contributed by atoms with E-state index in [0.717, 1.165) is 146 Å². The Morgan fingerprint density at radius 2 is 0.633 bits per heavy atom. The van der Waals surface area contributed by atoms with Crippen molar-refractivity contribution in [2.24, 2.45) is 0 Å². The maximum Gasteiger partial charge on any atom is 0.252 e. The summed E-state index contributed by atoms with van der Waals surface area (Å²) in [5.74, 6) is 0. The summed E-state index contributed by atoms with van der Waals surface area (Å²) in [5, 5.41) is 36.5. The van der Waals surface area contributed by atoms with Crippen LogP contribution in [0.15, 0.2) is 279 Å². The third-order valence-corrected chi connectivity index (χ3v) is 20.4. The molecule has 4 heterocycles. The molecule has 0 saturated carbocycles. The van der Waals surface area contributed by atoms with Gasteiger partial charge in [0.05, 0.1) is 52.0 Å². The van der Waals surface area contributed by atoms with E-state index < -0.39 is 0 Å². The van der Waals surface area contributed by atoms with Gasteiger partial charge < -0.3 is 20.0 Å². The second-order valence-electron chi connectivity index (χ2n) is 28.3. The van der Waals surface area contributed by atoms with Gasteiger partial charge >= 0.3 is 0 Å². The summed E-state index contributed by atoms with van der Waals surface area (Å²) in [7, 11) is 0. The van der Waals surface area contributed by atoms with E-state index in [1.165, 1.54) is 16.5 Å². The highest BCUT2D eigenvalue weighted by Crippen LogP contribution is 2.53. The molecule has 0 aliphatic carbocycles. The lowest BCUT2D eigenvalue weighted by Crippen LogP contribution is -2.65. The third kappa shape index (κ3) is 9.71. The molecule has 7 nitrogen and oxygen atoms in total. The van der Waals surface area contributed by atoms with Gasteiger partial charge in [-0.3, -0.25) is 0 Å². The SMILES string of the molecule is CC(C)(C)c1cc2c3c(c1)N(c1ccc(C#N)cc1-c1ccccc1)c1cc4c(cc1B3c1ccc(-c3ccccc3)cc1N2)B1c2ccc(-c3ccccc3)cc2N(c2ccc(C#N)cc2-c2ccccc2)c2cc(C(C)(C)C)cc(c21)N4c1ccc(C#N)cc1-c1ccccc1. The summed E-state index contributed by atoms with van der Waals surface area (Å²) in [6, 6.07) is 108. The van der Waals surface area contributed by atoms with Crippen LogP contribution in [0.5, 0.6) is 0 Å². The van der Waals surface area contributed by atoms with Gasteiger partial charge in [0.2, 0.25) is 0 Å². The number of hydrogen-bond acceptors (Lipinski definition) is 7. The van der Waals surface area contributed by atoms with E-state index in [9.17, 15) is 15.8 Å². The van der Waals surface area contributed by atoms with Crippen LogP contribution in [0.1, 0.15) is 69.4 Å². The van der Waals surface area contributed by atoms with Crippen LogP contribution in [-0.2, 0) is 10.8 Å². The first kappa shape index (κ1) is 59.4. The smallest absolute Gasteiger partial charge is 0.252 e. The second kappa shape index (κ2) is 23.0. The molecule has 0 amide bonds. The Kier molecular flexibility index (Phi) is 13.9. The molecule has 0 atom stereocenters. The first-order valence-electron chi connectivity index (χ1n) is 33.6. The molecule has 13 aromatic rings. The normalized spacial score (nSPS) is 12.9. The first-order chi connectivity index (χ1) is 47.7. The zero-order valence-corrected chi connectivity index (χ0v) is 55.4. The maximum atomic E-state index is 10.9. The van der Waals surface area contributed by atoms with Crippen molar-refractivity contribution in [3.63, 3.8) is 0 Å². The van der Waals surface area contributed by atoms with E-state index in [2.05, 4.69) is 316 Å². The molecule has 0 radical (unpaired) electrons. The van der Waals surface area contributed by atoms with Crippen molar-refractivity contribution >= 4 is 109 Å². The predicted octanol–water partition coefficient (Wildman–Crippen LogP) is 18.7. The first-order valence-corrected chi connectivity index (χ1v) is 33.6. The molecule has 98 heavy (non-hydrogen) atoms. The van der Waals surface area contributed by atoms with Crippen LogP contribution in [0.25, 0.3) is 55.6 Å². The monoisotopic (exact) mass is 1250 g/mol. The highest BCUT2D eigenvalue weighted by atomic mass is 15.2. The van der Waals surface area contributed by atoms with Crippen LogP contribution in [0.2, 0.25) is 0 Å². The minimum atomic E-state index is -0.365. The molecule has 0 unspecified atom stereocenters. The molecule has 0 fully saturated rings. The molecule has 0 spiro atoms. The van der Waals surface area contributed by atoms with Crippen LogP contribution in [-0.4, -0.2) is 13.4 Å². The molecule has 4 aliphatic rings. The number of fused-ring (bicyclic) bond motifs is 8. The van der Waals surface area contributed by atoms with Crippen LogP contribution in [0.3, 0.4) is 0 Å². The summed E-state index contributed by atoms with van der Waals surface area (Å²) in [6.45, 7) is 13.2. The summed E-state index contributed by atoms with van der Waals surface area (Å²) in [4.78, 5) is 7.52. The fourth-order valence-corrected chi connectivity index (χ4v) is 15.6. The molecule has 9 heteroatoms. The molecule has 1 N–H and O–H groups in total. The summed E-state index contributed by atoms with van der Waals surface area (Å²) in [5.41, 5.74) is 31.6. The standard InChI is InChI=1S/C89H65B2N7/c1-88(2,3)66-47-76-86-83(48-66)97(78-40-33-57(54-93)43-69(78)62-28-18-10-19-29-62)81-52-82-74(51-73(81)90(86)71-37-35-64(45-75(71)95-76)59-22-12-7-13-23-59)91-72-38-36-65(60-24-14-8-15-25-60)46-80(72)96(77-39-32-56(53-92)42-68(77)61-26-16-9-17-27-61)84-49-67(89(4,5)6)50-85(87(84)91)98(82)79-41-34-58(55-94)44-70(79)63-30-20-11-21-31-63/h7-52,95H,1-6H3. The number of nitriles is 3. The van der Waals surface area contributed by atoms with Gasteiger partial charge in [-0.25, -0.2) is 0 Å². The fourth-order valence-electron chi connectivity index (χ4n) is 15.6. The van der Waals surface area contributed by atoms with Gasteiger partial charge in [-0.05, 0) is 191 Å². The van der Waals surface area contributed by atoms with E-state index in [1.54, 1.807) is 0 Å². The lowest BCUT2D eigenvalue weighted by molar-refractivity contribution is 0.590. The predicted molar refractivity (Wildman–Crippen MR) is 408 cm³/mol. The van der Waals surface area contributed by atoms with Gasteiger partial charge in [0.1, 0.15) is 0 Å². The Labute approximate surface area is 574 Å². The molecule has 0 bridgehead atoms. The quantitative estimate of drug-likeness (QED) is 0.152. The maximum absolute atomic E-state index is 10.9. The molecule has 462 valence electrons. The summed E-state index contributed by atoms with van der Waals surface area (Å²) in [6.07, 6.45) is 0. The largest absolute Gasteiger partial charge is 0.356 e. The average Bonchev–Trinajstić information content (AvgIpc) is 0.684. The van der Waals surface area contributed by atoms with Crippen molar-refractivity contribution in [2.75, 3.05) is 20.0 Å². The molecule has 17 rings (SSSR count). The van der Waals surface area contributed by atoms with E-state index >= 15 is 0 Å². The Hall–Kier alpha value is -12.3. The molecule has 4 aliphatic heterocycles. The third-order valence-electron chi connectivity index (χ3n) is 20.4. The lowest BCUT2D eigenvalue weighted by atomic mass is 9.30. The Morgan fingerprint density at radius 1 is 0.276 bits per heavy atom. The number of rotatable bonds is 8. The molecular weight excluding hydrogens is 1190 g/mol. The summed E-state index contributed by atoms with van der Waals surface area (Å²) >= 11 is 0. The van der Waals surface area contributed by atoms with Gasteiger partial charge in [-0.1, -0.05) is 224 Å². The number of hydrogen-bond donors (Lipinski definition) is 1. The number of nitrogens with zero attached hydrogens (tertiary/aromatic N) is 6. The number of benzene rings is 13. The van der Waals surface area contributed by atoms with Gasteiger partial charge in [0.15, 0.2) is 0 Å². The van der Waals surface area contributed by atoms with E-state index in [1.807, 2.05) is 42.5 Å². The van der Waals surface area contributed by atoms with Gasteiger partial charge in [-0.2, -0.15) is 15.8 Å². The van der Waals surface area contributed by atoms with E-state index in [-0.39, 0.29) is 24.3 Å². The number of nitrogens with one attached hydrogen (secondary N) is 1. The van der Waals surface area contributed by atoms with Gasteiger partial charge in [0.25, 0.3) is 13.4 Å². The van der Waals surface area contributed by atoms with Crippen molar-refractivity contribution in [2.45, 2.75) is 52.4 Å². The van der Waals surface area contributed by atoms with Crippen molar-refractivity contribution < 1.29 is 0 Å².